The first-order valence-electron chi connectivity index (χ1n) is 6.08. The Hall–Kier alpha value is -2.35. The lowest BCUT2D eigenvalue weighted by Gasteiger charge is -2.16. The Morgan fingerprint density at radius 3 is 2.81 bits per heavy atom. The lowest BCUT2D eigenvalue weighted by Crippen LogP contribution is -2.28. The molecule has 0 aromatic heterocycles. The number of carbonyl (C=O) groups excluding carboxylic acids is 1. The number of nitrogens with one attached hydrogen (secondary N) is 1. The average molecular weight is 305 g/mol. The van der Waals surface area contributed by atoms with Crippen LogP contribution in [0.4, 0.5) is 0 Å². The predicted octanol–water partition coefficient (Wildman–Crippen LogP) is 0.584. The zero-order valence-corrected chi connectivity index (χ0v) is 12.4. The third kappa shape index (κ3) is 4.60. The Kier molecular flexibility index (Phi) is 5.92. The van der Waals surface area contributed by atoms with Gasteiger partial charge in [-0.05, 0) is 18.2 Å². The van der Waals surface area contributed by atoms with Gasteiger partial charge in [-0.1, -0.05) is 12.0 Å². The standard InChI is InChI=1S/C14H15N3O3S/c1-3-9-16-21(19,20)13-7-4-6-12(11-13)14(18)17(2)10-5-8-15/h1,4,6-7,11,16H,5,9-10H2,2H3. The summed E-state index contributed by atoms with van der Waals surface area (Å²) in [4.78, 5) is 13.4. The summed E-state index contributed by atoms with van der Waals surface area (Å²) in [5.41, 5.74) is 0.235. The van der Waals surface area contributed by atoms with Gasteiger partial charge >= 0.3 is 0 Å². The summed E-state index contributed by atoms with van der Waals surface area (Å²) in [7, 11) is -2.18. The summed E-state index contributed by atoms with van der Waals surface area (Å²) < 4.78 is 26.1. The predicted molar refractivity (Wildman–Crippen MR) is 77.7 cm³/mol. The molecule has 7 heteroatoms. The fourth-order valence-corrected chi connectivity index (χ4v) is 2.54. The van der Waals surface area contributed by atoms with E-state index in [1.165, 1.54) is 29.2 Å². The topological polar surface area (TPSA) is 90.3 Å². The zero-order chi connectivity index (χ0) is 15.9. The van der Waals surface area contributed by atoms with E-state index in [2.05, 4.69) is 10.6 Å². The second kappa shape index (κ2) is 7.44. The van der Waals surface area contributed by atoms with Crippen LogP contribution in [-0.4, -0.2) is 39.4 Å². The molecule has 0 radical (unpaired) electrons. The van der Waals surface area contributed by atoms with Gasteiger partial charge in [-0.15, -0.1) is 6.42 Å². The van der Waals surface area contributed by atoms with E-state index < -0.39 is 10.0 Å². The molecule has 1 aromatic carbocycles. The van der Waals surface area contributed by atoms with Gasteiger partial charge in [0.1, 0.15) is 0 Å². The van der Waals surface area contributed by atoms with Gasteiger partial charge in [0.25, 0.3) is 5.91 Å². The number of benzene rings is 1. The number of carbonyl (C=O) groups is 1. The average Bonchev–Trinajstić information content (AvgIpc) is 2.50. The third-order valence-corrected chi connectivity index (χ3v) is 4.06. The Morgan fingerprint density at radius 2 is 2.19 bits per heavy atom. The summed E-state index contributed by atoms with van der Waals surface area (Å²) in [6.07, 6.45) is 5.23. The highest BCUT2D eigenvalue weighted by Crippen LogP contribution is 2.13. The van der Waals surface area contributed by atoms with E-state index >= 15 is 0 Å². The first kappa shape index (κ1) is 16.7. The van der Waals surface area contributed by atoms with Crippen LogP contribution < -0.4 is 4.72 Å². The molecule has 0 atom stereocenters. The first-order chi connectivity index (χ1) is 9.92. The first-order valence-corrected chi connectivity index (χ1v) is 7.56. The number of hydrogen-bond donors (Lipinski definition) is 1. The van der Waals surface area contributed by atoms with E-state index in [9.17, 15) is 13.2 Å². The largest absolute Gasteiger partial charge is 0.341 e. The van der Waals surface area contributed by atoms with Gasteiger partial charge in [0, 0.05) is 19.2 Å². The molecule has 0 bridgehead atoms. The number of nitriles is 1. The van der Waals surface area contributed by atoms with Crippen molar-refractivity contribution >= 4 is 15.9 Å². The van der Waals surface area contributed by atoms with Crippen LogP contribution in [0.3, 0.4) is 0 Å². The van der Waals surface area contributed by atoms with E-state index in [-0.39, 0.29) is 35.9 Å². The van der Waals surface area contributed by atoms with Crippen molar-refractivity contribution in [3.8, 4) is 18.4 Å². The van der Waals surface area contributed by atoms with E-state index in [1.54, 1.807) is 7.05 Å². The maximum Gasteiger partial charge on any atom is 0.253 e. The molecule has 1 aromatic rings. The molecule has 0 unspecified atom stereocenters. The van der Waals surface area contributed by atoms with Crippen LogP contribution in [0.2, 0.25) is 0 Å². The number of terminal acetylenes is 1. The molecule has 1 amide bonds. The highest BCUT2D eigenvalue weighted by atomic mass is 32.2. The smallest absolute Gasteiger partial charge is 0.253 e. The molecule has 6 nitrogen and oxygen atoms in total. The number of nitrogens with zero attached hydrogens (tertiary/aromatic N) is 2. The van der Waals surface area contributed by atoms with Crippen molar-refractivity contribution in [3.05, 3.63) is 29.8 Å². The molecule has 0 saturated carbocycles. The molecule has 0 saturated heterocycles. The van der Waals surface area contributed by atoms with Crippen molar-refractivity contribution in [2.24, 2.45) is 0 Å². The quantitative estimate of drug-likeness (QED) is 0.779. The number of sulfonamides is 1. The van der Waals surface area contributed by atoms with Gasteiger partial charge in [0.05, 0.1) is 23.9 Å². The van der Waals surface area contributed by atoms with Crippen molar-refractivity contribution in [3.63, 3.8) is 0 Å². The molecule has 110 valence electrons. The van der Waals surface area contributed by atoms with Crippen molar-refractivity contribution < 1.29 is 13.2 Å². The van der Waals surface area contributed by atoms with Crippen molar-refractivity contribution in [2.45, 2.75) is 11.3 Å². The molecule has 0 aliphatic heterocycles. The van der Waals surface area contributed by atoms with Crippen molar-refractivity contribution in [2.75, 3.05) is 20.1 Å². The van der Waals surface area contributed by atoms with E-state index in [1.807, 2.05) is 6.07 Å². The summed E-state index contributed by atoms with van der Waals surface area (Å²) in [6.45, 7) is 0.157. The van der Waals surface area contributed by atoms with Gasteiger partial charge in [-0.25, -0.2) is 8.42 Å². The maximum atomic E-state index is 12.1. The van der Waals surface area contributed by atoms with E-state index in [0.717, 1.165) is 0 Å². The van der Waals surface area contributed by atoms with Crippen LogP contribution in [0.25, 0.3) is 0 Å². The van der Waals surface area contributed by atoms with Gasteiger partial charge in [-0.3, -0.25) is 4.79 Å². The Bertz CT molecular complexity index is 699. The summed E-state index contributed by atoms with van der Waals surface area (Å²) in [6, 6.07) is 7.61. The van der Waals surface area contributed by atoms with Crippen molar-refractivity contribution in [1.82, 2.24) is 9.62 Å². The molecule has 0 fully saturated rings. The van der Waals surface area contributed by atoms with Crippen LogP contribution in [-0.2, 0) is 10.0 Å². The summed E-state index contributed by atoms with van der Waals surface area (Å²) in [5.74, 6) is 1.83. The Morgan fingerprint density at radius 1 is 1.48 bits per heavy atom. The number of hydrogen-bond acceptors (Lipinski definition) is 4. The van der Waals surface area contributed by atoms with Crippen LogP contribution in [0, 0.1) is 23.7 Å². The van der Waals surface area contributed by atoms with Gasteiger partial charge in [-0.2, -0.15) is 9.98 Å². The summed E-state index contributed by atoms with van der Waals surface area (Å²) in [5, 5.41) is 8.51. The molecular weight excluding hydrogens is 290 g/mol. The zero-order valence-electron chi connectivity index (χ0n) is 11.5. The minimum absolute atomic E-state index is 0.0303. The molecule has 0 spiro atoms. The molecule has 0 aliphatic rings. The van der Waals surface area contributed by atoms with E-state index in [4.69, 9.17) is 11.7 Å². The third-order valence-electron chi connectivity index (χ3n) is 2.66. The Labute approximate surface area is 124 Å². The molecule has 1 N–H and O–H groups in total. The molecule has 21 heavy (non-hydrogen) atoms. The molecule has 1 rings (SSSR count). The highest BCUT2D eigenvalue weighted by molar-refractivity contribution is 7.89. The lowest BCUT2D eigenvalue weighted by molar-refractivity contribution is 0.0798. The SMILES string of the molecule is C#CCNS(=O)(=O)c1cccc(C(=O)N(C)CCC#N)c1. The van der Waals surface area contributed by atoms with Gasteiger partial charge in [0.15, 0.2) is 0 Å². The lowest BCUT2D eigenvalue weighted by atomic mass is 10.2. The monoisotopic (exact) mass is 305 g/mol. The second-order valence-electron chi connectivity index (χ2n) is 4.19. The minimum atomic E-state index is -3.74. The number of amides is 1. The molecular formula is C14H15N3O3S. The fraction of sp³-hybridized carbons (Fsp3) is 0.286. The summed E-state index contributed by atoms with van der Waals surface area (Å²) >= 11 is 0. The molecule has 0 heterocycles. The van der Waals surface area contributed by atoms with Crippen LogP contribution in [0.5, 0.6) is 0 Å². The number of rotatable bonds is 6. The van der Waals surface area contributed by atoms with Gasteiger partial charge < -0.3 is 4.90 Å². The fourth-order valence-electron chi connectivity index (χ4n) is 1.56. The van der Waals surface area contributed by atoms with Crippen LogP contribution >= 0.6 is 0 Å². The second-order valence-corrected chi connectivity index (χ2v) is 5.96. The Balaban J connectivity index is 2.99. The maximum absolute atomic E-state index is 12.1. The van der Waals surface area contributed by atoms with Crippen LogP contribution in [0.15, 0.2) is 29.2 Å². The van der Waals surface area contributed by atoms with Crippen LogP contribution in [0.1, 0.15) is 16.8 Å². The molecule has 0 aliphatic carbocycles. The van der Waals surface area contributed by atoms with Gasteiger partial charge in [0.2, 0.25) is 10.0 Å². The van der Waals surface area contributed by atoms with E-state index in [0.29, 0.717) is 0 Å². The normalized spacial score (nSPS) is 10.4. The minimum Gasteiger partial charge on any atom is -0.341 e. The van der Waals surface area contributed by atoms with Crippen molar-refractivity contribution in [1.29, 1.82) is 5.26 Å². The highest BCUT2D eigenvalue weighted by Gasteiger charge is 2.17.